The number of aliphatic hydroxyl groups is 1. The normalized spacial score (nSPS) is 13.1. The van der Waals surface area contributed by atoms with E-state index in [1.54, 1.807) is 14.2 Å². The molecule has 2 aromatic rings. The van der Waals surface area contributed by atoms with Crippen molar-refractivity contribution in [2.45, 2.75) is 45.9 Å². The lowest BCUT2D eigenvalue weighted by molar-refractivity contribution is -0.105. The van der Waals surface area contributed by atoms with Crippen LogP contribution in [0.5, 0.6) is 5.75 Å². The molecule has 196 valence electrons. The average molecular weight is 490 g/mol. The summed E-state index contributed by atoms with van der Waals surface area (Å²) in [5.41, 5.74) is 3.36. The monoisotopic (exact) mass is 489 g/mol. The van der Waals surface area contributed by atoms with Gasteiger partial charge < -0.3 is 33.7 Å². The van der Waals surface area contributed by atoms with Crippen molar-refractivity contribution in [3.8, 4) is 5.75 Å². The third-order valence-corrected chi connectivity index (χ3v) is 5.38. The highest BCUT2D eigenvalue weighted by atomic mass is 16.5. The van der Waals surface area contributed by atoms with Crippen molar-refractivity contribution >= 4 is 24.0 Å². The molecule has 0 spiro atoms. The van der Waals surface area contributed by atoms with Crippen molar-refractivity contribution in [3.05, 3.63) is 54.0 Å². The van der Waals surface area contributed by atoms with Gasteiger partial charge >= 0.3 is 0 Å². The molecule has 0 fully saturated rings. The Bertz CT molecular complexity index is 934. The third-order valence-electron chi connectivity index (χ3n) is 5.38. The van der Waals surface area contributed by atoms with Crippen LogP contribution in [0.4, 0.5) is 0 Å². The Morgan fingerprint density at radius 1 is 1.17 bits per heavy atom. The van der Waals surface area contributed by atoms with Crippen LogP contribution in [0.2, 0.25) is 0 Å². The summed E-state index contributed by atoms with van der Waals surface area (Å²) in [4.78, 5) is 22.6. The van der Waals surface area contributed by atoms with Crippen molar-refractivity contribution in [1.82, 2.24) is 14.4 Å². The maximum absolute atomic E-state index is 10.4. The predicted octanol–water partition coefficient (Wildman–Crippen LogP) is 4.04. The number of hydrogen-bond donors (Lipinski definition) is 1. The SMILES string of the molecule is C=O.CC(C)N1C=CCC(C=O)=C1.CO.COc1ccc2c(CCN(C)C)cn(C(C)OC)c2c1. The highest BCUT2D eigenvalue weighted by molar-refractivity contribution is 5.85. The number of carbonyl (C=O) groups is 2. The van der Waals surface area contributed by atoms with Crippen LogP contribution in [0.25, 0.3) is 10.9 Å². The lowest BCUT2D eigenvalue weighted by Crippen LogP contribution is -2.21. The van der Waals surface area contributed by atoms with E-state index in [2.05, 4.69) is 62.7 Å². The second kappa shape index (κ2) is 17.5. The first-order valence-electron chi connectivity index (χ1n) is 11.5. The number of rotatable bonds is 8. The van der Waals surface area contributed by atoms with Gasteiger partial charge in [0.05, 0.1) is 12.6 Å². The first-order valence-corrected chi connectivity index (χ1v) is 11.5. The Morgan fingerprint density at radius 3 is 2.34 bits per heavy atom. The third kappa shape index (κ3) is 10.1. The zero-order valence-corrected chi connectivity index (χ0v) is 22.5. The van der Waals surface area contributed by atoms with Gasteiger partial charge in [0.1, 0.15) is 25.1 Å². The molecule has 1 N–H and O–H groups in total. The molecule has 1 aromatic heterocycles. The highest BCUT2D eigenvalue weighted by Crippen LogP contribution is 2.29. The number of aromatic nitrogens is 1. The number of aldehydes is 1. The van der Waals surface area contributed by atoms with Crippen LogP contribution in [0, 0.1) is 0 Å². The lowest BCUT2D eigenvalue weighted by atomic mass is 10.1. The minimum atomic E-state index is 0.0118. The van der Waals surface area contributed by atoms with E-state index < -0.39 is 0 Å². The number of hydrogen-bond acceptors (Lipinski definition) is 7. The van der Waals surface area contributed by atoms with Crippen LogP contribution in [-0.4, -0.2) is 80.6 Å². The van der Waals surface area contributed by atoms with Gasteiger partial charge in [-0.25, -0.2) is 0 Å². The van der Waals surface area contributed by atoms with Crippen LogP contribution in [0.3, 0.4) is 0 Å². The van der Waals surface area contributed by atoms with Gasteiger partial charge in [-0.05, 0) is 65.4 Å². The van der Waals surface area contributed by atoms with Gasteiger partial charge in [0, 0.05) is 62.4 Å². The smallest absolute Gasteiger partial charge is 0.147 e. The number of carbonyl (C=O) groups excluding carboxylic acids is 2. The number of methoxy groups -OCH3 is 2. The Morgan fingerprint density at radius 2 is 1.83 bits per heavy atom. The number of aliphatic hydroxyl groups excluding tert-OH is 1. The molecule has 35 heavy (non-hydrogen) atoms. The summed E-state index contributed by atoms with van der Waals surface area (Å²) >= 11 is 0. The Hall–Kier alpha value is -2.94. The summed E-state index contributed by atoms with van der Waals surface area (Å²) in [5, 5.41) is 8.27. The predicted molar refractivity (Wildman–Crippen MR) is 143 cm³/mol. The summed E-state index contributed by atoms with van der Waals surface area (Å²) in [6, 6.07) is 6.66. The first kappa shape index (κ1) is 32.1. The van der Waals surface area contributed by atoms with E-state index in [9.17, 15) is 4.79 Å². The molecule has 0 amide bonds. The summed E-state index contributed by atoms with van der Waals surface area (Å²) in [5.74, 6) is 0.874. The fourth-order valence-electron chi connectivity index (χ4n) is 3.39. The molecular weight excluding hydrogens is 446 g/mol. The molecule has 0 saturated heterocycles. The van der Waals surface area contributed by atoms with E-state index in [-0.39, 0.29) is 6.23 Å². The summed E-state index contributed by atoms with van der Waals surface area (Å²) < 4.78 is 13.0. The standard InChI is InChI=1S/C16H24N2O2.C9H13NO.CH4O.CH2O/c1-12(19-4)18-11-13(8-9-17(2)3)15-7-6-14(20-5)10-16(15)18;1-8(2)10-5-3-4-9(6-10)7-11;2*1-2/h6-7,10-12H,8-9H2,1-5H3;3,5-8H,4H2,1-2H3;2H,1H3;1H2. The molecule has 1 aromatic carbocycles. The molecule has 1 aliphatic rings. The Labute approximate surface area is 210 Å². The topological polar surface area (TPSA) is 84.2 Å². The number of ether oxygens (including phenoxy) is 2. The van der Waals surface area contributed by atoms with E-state index in [1.807, 2.05) is 36.2 Å². The zero-order valence-electron chi connectivity index (χ0n) is 22.5. The minimum Gasteiger partial charge on any atom is -0.497 e. The Kier molecular flexibility index (Phi) is 16.0. The molecule has 0 aliphatic carbocycles. The van der Waals surface area contributed by atoms with Gasteiger partial charge in [0.2, 0.25) is 0 Å². The highest BCUT2D eigenvalue weighted by Gasteiger charge is 2.13. The number of nitrogens with zero attached hydrogens (tertiary/aromatic N) is 3. The number of fused-ring (bicyclic) bond motifs is 1. The second-order valence-electron chi connectivity index (χ2n) is 8.28. The number of likely N-dealkylation sites (N-methyl/N-ethyl adjacent to an activating group) is 1. The quantitative estimate of drug-likeness (QED) is 0.560. The molecule has 0 radical (unpaired) electrons. The van der Waals surface area contributed by atoms with E-state index in [0.717, 1.165) is 49.6 Å². The summed E-state index contributed by atoms with van der Waals surface area (Å²) in [6.45, 7) is 9.27. The first-order chi connectivity index (χ1) is 16.8. The Balaban J connectivity index is 0.000000652. The molecule has 3 rings (SSSR count). The van der Waals surface area contributed by atoms with Crippen molar-refractivity contribution in [2.75, 3.05) is 42.0 Å². The lowest BCUT2D eigenvalue weighted by Gasteiger charge is -2.23. The molecular formula is C27H43N3O5. The molecule has 0 saturated carbocycles. The summed E-state index contributed by atoms with van der Waals surface area (Å²) in [6.07, 6.45) is 10.8. The molecule has 1 atom stereocenters. The number of allylic oxidation sites excluding steroid dienone is 2. The van der Waals surface area contributed by atoms with Crippen LogP contribution < -0.4 is 4.74 Å². The molecule has 2 heterocycles. The maximum atomic E-state index is 10.4. The maximum Gasteiger partial charge on any atom is 0.147 e. The van der Waals surface area contributed by atoms with Crippen LogP contribution >= 0.6 is 0 Å². The second-order valence-corrected chi connectivity index (χ2v) is 8.28. The van der Waals surface area contributed by atoms with Crippen molar-refractivity contribution in [3.63, 3.8) is 0 Å². The fraction of sp³-hybridized carbons (Fsp3) is 0.481. The van der Waals surface area contributed by atoms with Crippen molar-refractivity contribution in [1.29, 1.82) is 0 Å². The molecule has 8 nitrogen and oxygen atoms in total. The van der Waals surface area contributed by atoms with Gasteiger partial charge in [0.15, 0.2) is 0 Å². The molecule has 1 unspecified atom stereocenters. The van der Waals surface area contributed by atoms with Gasteiger partial charge in [-0.2, -0.15) is 0 Å². The van der Waals surface area contributed by atoms with Gasteiger partial charge in [-0.3, -0.25) is 4.79 Å². The van der Waals surface area contributed by atoms with Crippen LogP contribution in [0.1, 0.15) is 39.0 Å². The van der Waals surface area contributed by atoms with Gasteiger partial charge in [-0.15, -0.1) is 0 Å². The van der Waals surface area contributed by atoms with E-state index >= 15 is 0 Å². The molecule has 8 heteroatoms. The molecule has 1 aliphatic heterocycles. The fourth-order valence-corrected chi connectivity index (χ4v) is 3.39. The van der Waals surface area contributed by atoms with Gasteiger partial charge in [0.25, 0.3) is 0 Å². The van der Waals surface area contributed by atoms with Crippen LogP contribution in [0.15, 0.2) is 48.4 Å². The summed E-state index contributed by atoms with van der Waals surface area (Å²) in [7, 11) is 8.62. The van der Waals surface area contributed by atoms with Crippen LogP contribution in [-0.2, 0) is 20.7 Å². The van der Waals surface area contributed by atoms with E-state index in [0.29, 0.717) is 6.04 Å². The van der Waals surface area contributed by atoms with Crippen molar-refractivity contribution < 1.29 is 24.2 Å². The number of benzene rings is 1. The van der Waals surface area contributed by atoms with Crippen molar-refractivity contribution in [2.24, 2.45) is 0 Å². The van der Waals surface area contributed by atoms with E-state index in [1.165, 1.54) is 10.9 Å². The average Bonchev–Trinajstić information content (AvgIpc) is 3.27. The minimum absolute atomic E-state index is 0.0118. The largest absolute Gasteiger partial charge is 0.497 e. The molecule has 0 bridgehead atoms. The zero-order chi connectivity index (χ0) is 27.0. The van der Waals surface area contributed by atoms with E-state index in [4.69, 9.17) is 19.4 Å². The van der Waals surface area contributed by atoms with Gasteiger partial charge in [-0.1, -0.05) is 6.08 Å².